The lowest BCUT2D eigenvalue weighted by Crippen LogP contribution is -2.53. The summed E-state index contributed by atoms with van der Waals surface area (Å²) < 4.78 is 0. The molecule has 0 spiro atoms. The molecule has 1 fully saturated rings. The van der Waals surface area contributed by atoms with Gasteiger partial charge in [-0.2, -0.15) is 0 Å². The Hall–Kier alpha value is -0.0800. The second-order valence-corrected chi connectivity index (χ2v) is 3.03. The molecule has 2 unspecified atom stereocenters. The van der Waals surface area contributed by atoms with Crippen molar-refractivity contribution in [3.8, 4) is 0 Å². The Kier molecular flexibility index (Phi) is 3.16. The standard InChI is InChI=1S/C8H18N2/c1-3-7-5-10-8(4-2)6-9-7/h7-10H,3-6H2,1-2H3. The SMILES string of the molecule is CCC1CNC(CC)CN1. The minimum Gasteiger partial charge on any atom is -0.311 e. The largest absolute Gasteiger partial charge is 0.311 e. The Morgan fingerprint density at radius 3 is 1.60 bits per heavy atom. The van der Waals surface area contributed by atoms with Crippen LogP contribution < -0.4 is 10.6 Å². The average Bonchev–Trinajstić information content (AvgIpc) is 2.05. The van der Waals surface area contributed by atoms with E-state index < -0.39 is 0 Å². The van der Waals surface area contributed by atoms with Crippen LogP contribution in [-0.2, 0) is 0 Å². The molecule has 0 aromatic carbocycles. The molecule has 2 nitrogen and oxygen atoms in total. The van der Waals surface area contributed by atoms with Gasteiger partial charge in [0, 0.05) is 25.2 Å². The fourth-order valence-electron chi connectivity index (χ4n) is 1.34. The van der Waals surface area contributed by atoms with Crippen LogP contribution in [0.4, 0.5) is 0 Å². The van der Waals surface area contributed by atoms with Crippen molar-refractivity contribution in [1.29, 1.82) is 0 Å². The zero-order valence-electron chi connectivity index (χ0n) is 6.98. The van der Waals surface area contributed by atoms with Crippen LogP contribution in [0.2, 0.25) is 0 Å². The van der Waals surface area contributed by atoms with Gasteiger partial charge in [0.1, 0.15) is 0 Å². The highest BCUT2D eigenvalue weighted by Crippen LogP contribution is 1.99. The maximum Gasteiger partial charge on any atom is 0.0190 e. The molecule has 2 atom stereocenters. The molecule has 0 bridgehead atoms. The van der Waals surface area contributed by atoms with Gasteiger partial charge in [0.15, 0.2) is 0 Å². The molecule has 0 aliphatic carbocycles. The summed E-state index contributed by atoms with van der Waals surface area (Å²) in [6, 6.07) is 1.42. The van der Waals surface area contributed by atoms with Gasteiger partial charge < -0.3 is 10.6 Å². The third-order valence-electron chi connectivity index (χ3n) is 2.29. The normalized spacial score (nSPS) is 34.2. The molecule has 0 saturated carbocycles. The fourth-order valence-corrected chi connectivity index (χ4v) is 1.34. The van der Waals surface area contributed by atoms with Crippen LogP contribution in [0.15, 0.2) is 0 Å². The molecule has 2 heteroatoms. The molecule has 0 amide bonds. The van der Waals surface area contributed by atoms with Gasteiger partial charge in [0.25, 0.3) is 0 Å². The molecule has 1 heterocycles. The first-order valence-electron chi connectivity index (χ1n) is 4.33. The third-order valence-corrected chi connectivity index (χ3v) is 2.29. The van der Waals surface area contributed by atoms with Crippen molar-refractivity contribution in [3.05, 3.63) is 0 Å². The Morgan fingerprint density at radius 1 is 1.00 bits per heavy atom. The van der Waals surface area contributed by atoms with E-state index in [0.717, 1.165) is 13.1 Å². The predicted molar refractivity (Wildman–Crippen MR) is 44.2 cm³/mol. The first kappa shape index (κ1) is 8.02. The van der Waals surface area contributed by atoms with Gasteiger partial charge in [-0.1, -0.05) is 13.8 Å². The summed E-state index contributed by atoms with van der Waals surface area (Å²) >= 11 is 0. The average molecular weight is 142 g/mol. The highest BCUT2D eigenvalue weighted by Gasteiger charge is 2.15. The van der Waals surface area contributed by atoms with E-state index in [9.17, 15) is 0 Å². The molecule has 1 aliphatic heterocycles. The van der Waals surface area contributed by atoms with Crippen molar-refractivity contribution in [1.82, 2.24) is 10.6 Å². The van der Waals surface area contributed by atoms with Gasteiger partial charge in [-0.05, 0) is 12.8 Å². The molecule has 1 rings (SSSR count). The van der Waals surface area contributed by atoms with Crippen molar-refractivity contribution in [2.45, 2.75) is 38.8 Å². The van der Waals surface area contributed by atoms with E-state index in [1.165, 1.54) is 12.8 Å². The van der Waals surface area contributed by atoms with Gasteiger partial charge in [-0.3, -0.25) is 0 Å². The van der Waals surface area contributed by atoms with Crippen molar-refractivity contribution >= 4 is 0 Å². The summed E-state index contributed by atoms with van der Waals surface area (Å²) in [6.07, 6.45) is 2.48. The molecular weight excluding hydrogens is 124 g/mol. The zero-order valence-corrected chi connectivity index (χ0v) is 6.98. The van der Waals surface area contributed by atoms with E-state index in [2.05, 4.69) is 24.5 Å². The van der Waals surface area contributed by atoms with E-state index in [0.29, 0.717) is 12.1 Å². The number of nitrogens with one attached hydrogen (secondary N) is 2. The first-order valence-corrected chi connectivity index (χ1v) is 4.33. The molecule has 60 valence electrons. The van der Waals surface area contributed by atoms with Crippen molar-refractivity contribution in [2.75, 3.05) is 13.1 Å². The molecule has 2 N–H and O–H groups in total. The minimum atomic E-state index is 0.711. The number of hydrogen-bond donors (Lipinski definition) is 2. The van der Waals surface area contributed by atoms with Gasteiger partial charge in [0.2, 0.25) is 0 Å². The lowest BCUT2D eigenvalue weighted by molar-refractivity contribution is 0.334. The van der Waals surface area contributed by atoms with Crippen LogP contribution in [0.5, 0.6) is 0 Å². The zero-order chi connectivity index (χ0) is 7.40. The van der Waals surface area contributed by atoms with Crippen molar-refractivity contribution in [2.24, 2.45) is 0 Å². The highest BCUT2D eigenvalue weighted by atomic mass is 15.1. The smallest absolute Gasteiger partial charge is 0.0190 e. The summed E-state index contributed by atoms with van der Waals surface area (Å²) in [5.74, 6) is 0. The Bertz CT molecular complexity index is 73.3. The topological polar surface area (TPSA) is 24.1 Å². The van der Waals surface area contributed by atoms with E-state index in [1.807, 2.05) is 0 Å². The summed E-state index contributed by atoms with van der Waals surface area (Å²) in [5.41, 5.74) is 0. The first-order chi connectivity index (χ1) is 4.86. The number of hydrogen-bond acceptors (Lipinski definition) is 2. The lowest BCUT2D eigenvalue weighted by atomic mass is 10.1. The highest BCUT2D eigenvalue weighted by molar-refractivity contribution is 4.80. The van der Waals surface area contributed by atoms with E-state index in [1.54, 1.807) is 0 Å². The van der Waals surface area contributed by atoms with Crippen molar-refractivity contribution < 1.29 is 0 Å². The molecule has 1 aliphatic rings. The van der Waals surface area contributed by atoms with Gasteiger partial charge in [-0.15, -0.1) is 0 Å². The Labute approximate surface area is 63.4 Å². The third kappa shape index (κ3) is 1.96. The number of piperazine rings is 1. The lowest BCUT2D eigenvalue weighted by Gasteiger charge is -2.29. The van der Waals surface area contributed by atoms with Gasteiger partial charge in [0.05, 0.1) is 0 Å². The van der Waals surface area contributed by atoms with Crippen LogP contribution in [-0.4, -0.2) is 25.2 Å². The number of rotatable bonds is 2. The summed E-state index contributed by atoms with van der Waals surface area (Å²) in [4.78, 5) is 0. The molecule has 0 aromatic heterocycles. The fraction of sp³-hybridized carbons (Fsp3) is 1.00. The Morgan fingerprint density at radius 2 is 1.40 bits per heavy atom. The quantitative estimate of drug-likeness (QED) is 0.594. The van der Waals surface area contributed by atoms with Gasteiger partial charge >= 0.3 is 0 Å². The molecule has 0 radical (unpaired) electrons. The van der Waals surface area contributed by atoms with E-state index >= 15 is 0 Å². The second kappa shape index (κ2) is 3.94. The van der Waals surface area contributed by atoms with Crippen molar-refractivity contribution in [3.63, 3.8) is 0 Å². The summed E-state index contributed by atoms with van der Waals surface area (Å²) in [7, 11) is 0. The van der Waals surface area contributed by atoms with Crippen LogP contribution in [0, 0.1) is 0 Å². The van der Waals surface area contributed by atoms with E-state index in [-0.39, 0.29) is 0 Å². The molecule has 10 heavy (non-hydrogen) atoms. The van der Waals surface area contributed by atoms with Crippen LogP contribution in [0.25, 0.3) is 0 Å². The predicted octanol–water partition coefficient (Wildman–Crippen LogP) is 0.736. The molecule has 0 aromatic rings. The Balaban J connectivity index is 2.17. The maximum absolute atomic E-state index is 3.51. The second-order valence-electron chi connectivity index (χ2n) is 3.03. The summed E-state index contributed by atoms with van der Waals surface area (Å²) in [6.45, 7) is 6.75. The monoisotopic (exact) mass is 142 g/mol. The van der Waals surface area contributed by atoms with Crippen LogP contribution in [0.1, 0.15) is 26.7 Å². The van der Waals surface area contributed by atoms with Gasteiger partial charge in [-0.25, -0.2) is 0 Å². The molecule has 1 saturated heterocycles. The van der Waals surface area contributed by atoms with E-state index in [4.69, 9.17) is 0 Å². The summed E-state index contributed by atoms with van der Waals surface area (Å²) in [5, 5.41) is 7.01. The molecular formula is C8H18N2. The van der Waals surface area contributed by atoms with Crippen LogP contribution in [0.3, 0.4) is 0 Å². The maximum atomic E-state index is 3.51. The van der Waals surface area contributed by atoms with Crippen LogP contribution >= 0.6 is 0 Å². The minimum absolute atomic E-state index is 0.711.